The highest BCUT2D eigenvalue weighted by Crippen LogP contribution is 2.32. The summed E-state index contributed by atoms with van der Waals surface area (Å²) in [7, 11) is -2.01. The van der Waals surface area contributed by atoms with Crippen molar-refractivity contribution in [3.8, 4) is 0 Å². The topological polar surface area (TPSA) is 82.9 Å². The molecule has 0 atom stereocenters. The van der Waals surface area contributed by atoms with Crippen LogP contribution in [0, 0.1) is 5.92 Å². The number of rotatable bonds is 4. The highest BCUT2D eigenvalue weighted by molar-refractivity contribution is 7.89. The zero-order valence-corrected chi connectivity index (χ0v) is 19.8. The number of hydrogen-bond donors (Lipinski definition) is 0. The van der Waals surface area contributed by atoms with Crippen molar-refractivity contribution in [1.29, 1.82) is 0 Å². The van der Waals surface area contributed by atoms with E-state index in [9.17, 15) is 18.0 Å². The van der Waals surface area contributed by atoms with Crippen molar-refractivity contribution in [1.82, 2.24) is 13.8 Å². The van der Waals surface area contributed by atoms with Crippen LogP contribution in [-0.4, -0.2) is 66.7 Å². The molecule has 2 fully saturated rings. The molecule has 1 aromatic carbocycles. The second kappa shape index (κ2) is 8.61. The van der Waals surface area contributed by atoms with Gasteiger partial charge in [0, 0.05) is 57.6 Å². The highest BCUT2D eigenvalue weighted by Gasteiger charge is 2.36. The van der Waals surface area contributed by atoms with Gasteiger partial charge in [-0.2, -0.15) is 4.31 Å². The molecule has 1 aromatic heterocycles. The van der Waals surface area contributed by atoms with Gasteiger partial charge in [-0.15, -0.1) is 0 Å². The van der Waals surface area contributed by atoms with Crippen LogP contribution in [-0.2, 0) is 28.3 Å². The van der Waals surface area contributed by atoms with Gasteiger partial charge >= 0.3 is 0 Å². The maximum atomic E-state index is 13.3. The van der Waals surface area contributed by atoms with Crippen LogP contribution in [0.2, 0.25) is 0 Å². The third-order valence-corrected chi connectivity index (χ3v) is 9.05. The van der Waals surface area contributed by atoms with E-state index in [1.165, 1.54) is 22.1 Å². The Bertz CT molecular complexity index is 1170. The van der Waals surface area contributed by atoms with Crippen LogP contribution in [0.25, 0.3) is 0 Å². The summed E-state index contributed by atoms with van der Waals surface area (Å²) in [4.78, 5) is 29.7. The van der Waals surface area contributed by atoms with E-state index in [1.54, 1.807) is 16.5 Å². The third-order valence-electron chi connectivity index (χ3n) is 7.19. The van der Waals surface area contributed by atoms with E-state index in [0.717, 1.165) is 38.0 Å². The SMILES string of the molecule is Cn1cc(S(=O)(=O)N2CCC(C(=O)N3CCc4ccccc43)CC2)cc1C(=O)N1CCCC1. The van der Waals surface area contributed by atoms with E-state index in [4.69, 9.17) is 0 Å². The average Bonchev–Trinajstić information content (AvgIpc) is 3.58. The molecule has 2 aromatic rings. The first-order chi connectivity index (χ1) is 15.9. The Labute approximate surface area is 194 Å². The summed E-state index contributed by atoms with van der Waals surface area (Å²) in [5, 5.41) is 0. The number of nitrogens with zero attached hydrogens (tertiary/aromatic N) is 4. The average molecular weight is 471 g/mol. The summed E-state index contributed by atoms with van der Waals surface area (Å²) in [6, 6.07) is 9.47. The summed E-state index contributed by atoms with van der Waals surface area (Å²) in [5.74, 6) is -0.201. The molecule has 33 heavy (non-hydrogen) atoms. The summed E-state index contributed by atoms with van der Waals surface area (Å²) in [6.45, 7) is 2.73. The van der Waals surface area contributed by atoms with E-state index < -0.39 is 10.0 Å². The molecule has 0 radical (unpaired) electrons. The quantitative estimate of drug-likeness (QED) is 0.686. The van der Waals surface area contributed by atoms with Gasteiger partial charge in [-0.25, -0.2) is 8.42 Å². The maximum absolute atomic E-state index is 13.3. The minimum Gasteiger partial charge on any atom is -0.345 e. The van der Waals surface area contributed by atoms with Crippen molar-refractivity contribution in [3.05, 3.63) is 47.8 Å². The van der Waals surface area contributed by atoms with E-state index in [-0.39, 0.29) is 22.6 Å². The van der Waals surface area contributed by atoms with Crippen LogP contribution >= 0.6 is 0 Å². The number of piperidine rings is 1. The van der Waals surface area contributed by atoms with Crippen molar-refractivity contribution >= 4 is 27.5 Å². The molecule has 5 rings (SSSR count). The molecule has 3 aliphatic heterocycles. The van der Waals surface area contributed by atoms with Crippen LogP contribution in [0.5, 0.6) is 0 Å². The molecular formula is C24H30N4O4S. The highest BCUT2D eigenvalue weighted by atomic mass is 32.2. The normalized spacial score (nSPS) is 19.8. The fourth-order valence-electron chi connectivity index (χ4n) is 5.25. The molecule has 0 spiro atoms. The first-order valence-corrected chi connectivity index (χ1v) is 13.2. The number of aryl methyl sites for hydroxylation is 1. The number of para-hydroxylation sites is 1. The predicted molar refractivity (Wildman–Crippen MR) is 125 cm³/mol. The van der Waals surface area contributed by atoms with Crippen LogP contribution in [0.3, 0.4) is 0 Å². The molecule has 0 unspecified atom stereocenters. The van der Waals surface area contributed by atoms with Gasteiger partial charge in [-0.3, -0.25) is 9.59 Å². The zero-order valence-electron chi connectivity index (χ0n) is 18.9. The van der Waals surface area contributed by atoms with Gasteiger partial charge in [0.25, 0.3) is 5.91 Å². The van der Waals surface area contributed by atoms with E-state index in [0.29, 0.717) is 38.2 Å². The van der Waals surface area contributed by atoms with Gasteiger partial charge in [-0.1, -0.05) is 18.2 Å². The van der Waals surface area contributed by atoms with Crippen LogP contribution in [0.15, 0.2) is 41.4 Å². The monoisotopic (exact) mass is 470 g/mol. The molecule has 4 heterocycles. The molecule has 3 aliphatic rings. The van der Waals surface area contributed by atoms with Gasteiger partial charge < -0.3 is 14.4 Å². The third kappa shape index (κ3) is 3.97. The molecule has 9 heteroatoms. The van der Waals surface area contributed by atoms with E-state index in [2.05, 4.69) is 6.07 Å². The molecule has 0 N–H and O–H groups in total. The number of hydrogen-bond acceptors (Lipinski definition) is 4. The standard InChI is InChI=1S/C24H30N4O4S/c1-25-17-20(16-22(25)24(30)26-11-4-5-12-26)33(31,32)27-13-8-19(9-14-27)23(29)28-15-10-18-6-2-3-7-21(18)28/h2-3,6-7,16-17,19H,4-5,8-15H2,1H3. The summed E-state index contributed by atoms with van der Waals surface area (Å²) < 4.78 is 29.6. The molecule has 0 bridgehead atoms. The van der Waals surface area contributed by atoms with Crippen molar-refractivity contribution in [3.63, 3.8) is 0 Å². The Kier molecular flexibility index (Phi) is 5.78. The van der Waals surface area contributed by atoms with Gasteiger partial charge in [0.1, 0.15) is 10.6 Å². The molecule has 0 aliphatic carbocycles. The lowest BCUT2D eigenvalue weighted by atomic mass is 9.96. The number of aromatic nitrogens is 1. The summed E-state index contributed by atoms with van der Waals surface area (Å²) >= 11 is 0. The summed E-state index contributed by atoms with van der Waals surface area (Å²) in [6.07, 6.45) is 5.36. The van der Waals surface area contributed by atoms with Gasteiger partial charge in [0.15, 0.2) is 0 Å². The van der Waals surface area contributed by atoms with Gasteiger partial charge in [0.05, 0.1) is 0 Å². The molecule has 0 saturated carbocycles. The van der Waals surface area contributed by atoms with Crippen molar-refractivity contribution < 1.29 is 18.0 Å². The fraction of sp³-hybridized carbons (Fsp3) is 0.500. The first-order valence-electron chi connectivity index (χ1n) is 11.7. The Hall–Kier alpha value is -2.65. The van der Waals surface area contributed by atoms with Crippen LogP contribution in [0.4, 0.5) is 5.69 Å². The minimum atomic E-state index is -3.72. The lowest BCUT2D eigenvalue weighted by Gasteiger charge is -2.32. The zero-order chi connectivity index (χ0) is 23.2. The molecule has 176 valence electrons. The second-order valence-corrected chi connectivity index (χ2v) is 11.2. The number of fused-ring (bicyclic) bond motifs is 1. The smallest absolute Gasteiger partial charge is 0.270 e. The Morgan fingerprint density at radius 2 is 1.67 bits per heavy atom. The predicted octanol–water partition coefficient (Wildman–Crippen LogP) is 2.25. The van der Waals surface area contributed by atoms with Crippen molar-refractivity contribution in [2.75, 3.05) is 37.6 Å². The molecule has 8 nitrogen and oxygen atoms in total. The number of likely N-dealkylation sites (tertiary alicyclic amines) is 1. The van der Waals surface area contributed by atoms with Gasteiger partial charge in [0.2, 0.25) is 15.9 Å². The number of amides is 2. The Balaban J connectivity index is 1.26. The van der Waals surface area contributed by atoms with Crippen molar-refractivity contribution in [2.24, 2.45) is 13.0 Å². The number of carbonyl (C=O) groups is 2. The Morgan fingerprint density at radius 1 is 0.970 bits per heavy atom. The lowest BCUT2D eigenvalue weighted by molar-refractivity contribution is -0.123. The Morgan fingerprint density at radius 3 is 2.39 bits per heavy atom. The first kappa shape index (κ1) is 22.2. The molecule has 2 amide bonds. The number of benzene rings is 1. The van der Waals surface area contributed by atoms with E-state index in [1.807, 2.05) is 23.1 Å². The molecular weight excluding hydrogens is 440 g/mol. The largest absolute Gasteiger partial charge is 0.345 e. The van der Waals surface area contributed by atoms with Crippen LogP contribution < -0.4 is 4.90 Å². The van der Waals surface area contributed by atoms with Crippen molar-refractivity contribution in [2.45, 2.75) is 37.0 Å². The minimum absolute atomic E-state index is 0.0928. The summed E-state index contributed by atoms with van der Waals surface area (Å²) in [5.41, 5.74) is 2.57. The molecule has 2 saturated heterocycles. The fourth-order valence-corrected chi connectivity index (χ4v) is 6.79. The number of anilines is 1. The lowest BCUT2D eigenvalue weighted by Crippen LogP contribution is -2.44. The second-order valence-electron chi connectivity index (χ2n) is 9.22. The van der Waals surface area contributed by atoms with E-state index >= 15 is 0 Å². The van der Waals surface area contributed by atoms with Gasteiger partial charge in [-0.05, 0) is 49.8 Å². The number of carbonyl (C=O) groups excluding carboxylic acids is 2. The number of sulfonamides is 1. The van der Waals surface area contributed by atoms with Crippen LogP contribution in [0.1, 0.15) is 41.7 Å². The maximum Gasteiger partial charge on any atom is 0.270 e.